The number of nitrogens with zero attached hydrogens (tertiary/aromatic N) is 3. The number of thiazole rings is 1. The molecular weight excluding hydrogens is 420 g/mol. The molecule has 1 aromatic carbocycles. The van der Waals surface area contributed by atoms with Crippen molar-refractivity contribution in [2.45, 2.75) is 26.7 Å². The largest absolute Gasteiger partial charge is 0.312 e. The van der Waals surface area contributed by atoms with E-state index in [4.69, 9.17) is 11.6 Å². The number of hydrogen-bond donors (Lipinski definition) is 1. The van der Waals surface area contributed by atoms with Gasteiger partial charge in [-0.1, -0.05) is 31.5 Å². The van der Waals surface area contributed by atoms with Crippen LogP contribution in [0, 0.1) is 5.92 Å². The Morgan fingerprint density at radius 2 is 2.10 bits per heavy atom. The molecule has 0 saturated carbocycles. The summed E-state index contributed by atoms with van der Waals surface area (Å²) in [6.45, 7) is 4.61. The molecule has 0 saturated heterocycles. The van der Waals surface area contributed by atoms with Gasteiger partial charge in [0.25, 0.3) is 5.91 Å². The first-order valence-electron chi connectivity index (χ1n) is 9.76. The topological polar surface area (TPSA) is 75.2 Å². The molecular formula is C22H21ClN4O2S. The molecule has 0 spiro atoms. The molecule has 3 aromatic rings. The van der Waals surface area contributed by atoms with Gasteiger partial charge in [0.15, 0.2) is 5.13 Å². The minimum atomic E-state index is -0.345. The van der Waals surface area contributed by atoms with Crippen LogP contribution < -0.4 is 10.2 Å². The Hall–Kier alpha value is -2.77. The maximum Gasteiger partial charge on any atom is 0.260 e. The number of carbonyl (C=O) groups is 2. The summed E-state index contributed by atoms with van der Waals surface area (Å²) in [5.74, 6) is -0.229. The fourth-order valence-electron chi connectivity index (χ4n) is 3.48. The van der Waals surface area contributed by atoms with E-state index in [1.54, 1.807) is 12.1 Å². The Kier molecular flexibility index (Phi) is 5.83. The molecule has 1 N–H and O–H groups in total. The summed E-state index contributed by atoms with van der Waals surface area (Å²) >= 11 is 7.34. The zero-order valence-corrected chi connectivity index (χ0v) is 18.3. The molecule has 0 fully saturated rings. The van der Waals surface area contributed by atoms with Crippen LogP contribution in [0.25, 0.3) is 11.3 Å². The predicted molar refractivity (Wildman–Crippen MR) is 120 cm³/mol. The molecule has 6 nitrogen and oxygen atoms in total. The summed E-state index contributed by atoms with van der Waals surface area (Å²) in [6.07, 6.45) is 3.41. The van der Waals surface area contributed by atoms with Gasteiger partial charge in [-0.2, -0.15) is 0 Å². The van der Waals surface area contributed by atoms with Gasteiger partial charge in [-0.05, 0) is 42.7 Å². The summed E-state index contributed by atoms with van der Waals surface area (Å²) in [5, 5.41) is 5.33. The standard InChI is InChI=1S/C22H21ClN4O2S/c1-13(2)21(29)27-10-4-5-15-11-14(7-8-18(15)27)17-12-30-22(25-17)26-20(28)16-6-3-9-24-19(16)23/h3,6-9,11-13H,4-5,10H2,1-2H3,(H,25,26,28). The number of amides is 2. The average Bonchev–Trinajstić information content (AvgIpc) is 3.21. The van der Waals surface area contributed by atoms with Gasteiger partial charge in [-0.15, -0.1) is 11.3 Å². The molecule has 30 heavy (non-hydrogen) atoms. The lowest BCUT2D eigenvalue weighted by atomic mass is 9.97. The van der Waals surface area contributed by atoms with Crippen molar-refractivity contribution in [2.24, 2.45) is 5.92 Å². The van der Waals surface area contributed by atoms with Gasteiger partial charge in [-0.3, -0.25) is 14.9 Å². The van der Waals surface area contributed by atoms with Crippen molar-refractivity contribution in [3.63, 3.8) is 0 Å². The van der Waals surface area contributed by atoms with E-state index in [1.165, 1.54) is 17.5 Å². The van der Waals surface area contributed by atoms with Gasteiger partial charge in [0.05, 0.1) is 11.3 Å². The fourth-order valence-corrected chi connectivity index (χ4v) is 4.40. The Labute approximate surface area is 183 Å². The van der Waals surface area contributed by atoms with Crippen LogP contribution in [0.15, 0.2) is 41.9 Å². The van der Waals surface area contributed by atoms with Crippen LogP contribution in [0.5, 0.6) is 0 Å². The first-order chi connectivity index (χ1) is 14.4. The summed E-state index contributed by atoms with van der Waals surface area (Å²) in [4.78, 5) is 35.3. The first kappa shape index (κ1) is 20.5. The van der Waals surface area contributed by atoms with E-state index in [2.05, 4.69) is 21.4 Å². The maximum atomic E-state index is 12.5. The molecule has 2 amide bonds. The van der Waals surface area contributed by atoms with Crippen molar-refractivity contribution in [2.75, 3.05) is 16.8 Å². The molecule has 0 unspecified atom stereocenters. The number of carbonyl (C=O) groups excluding carboxylic acids is 2. The Morgan fingerprint density at radius 1 is 1.27 bits per heavy atom. The monoisotopic (exact) mass is 440 g/mol. The second-order valence-corrected chi connectivity index (χ2v) is 8.64. The van der Waals surface area contributed by atoms with Crippen molar-refractivity contribution in [3.05, 3.63) is 58.2 Å². The lowest BCUT2D eigenvalue weighted by Crippen LogP contribution is -2.38. The molecule has 1 aliphatic rings. The fraction of sp³-hybridized carbons (Fsp3) is 0.273. The van der Waals surface area contributed by atoms with Gasteiger partial charge in [0.1, 0.15) is 5.15 Å². The number of benzene rings is 1. The highest BCUT2D eigenvalue weighted by atomic mass is 35.5. The van der Waals surface area contributed by atoms with E-state index in [9.17, 15) is 9.59 Å². The van der Waals surface area contributed by atoms with E-state index in [-0.39, 0.29) is 22.9 Å². The Balaban J connectivity index is 1.55. The van der Waals surface area contributed by atoms with Crippen molar-refractivity contribution in [3.8, 4) is 11.3 Å². The number of rotatable bonds is 4. The summed E-state index contributed by atoms with van der Waals surface area (Å²) in [6, 6.07) is 9.34. The third-order valence-electron chi connectivity index (χ3n) is 4.98. The number of pyridine rings is 1. The molecule has 0 atom stereocenters. The first-order valence-corrected chi connectivity index (χ1v) is 11.0. The molecule has 0 bridgehead atoms. The lowest BCUT2D eigenvalue weighted by Gasteiger charge is -2.31. The summed E-state index contributed by atoms with van der Waals surface area (Å²) in [7, 11) is 0. The van der Waals surface area contributed by atoms with E-state index in [1.807, 2.05) is 36.3 Å². The highest BCUT2D eigenvalue weighted by molar-refractivity contribution is 7.14. The van der Waals surface area contributed by atoms with E-state index in [0.717, 1.165) is 41.9 Å². The molecule has 1 aliphatic heterocycles. The van der Waals surface area contributed by atoms with E-state index < -0.39 is 0 Å². The van der Waals surface area contributed by atoms with E-state index >= 15 is 0 Å². The Bertz CT molecular complexity index is 1110. The molecule has 3 heterocycles. The smallest absolute Gasteiger partial charge is 0.260 e. The van der Waals surface area contributed by atoms with Crippen LogP contribution in [0.4, 0.5) is 10.8 Å². The maximum absolute atomic E-state index is 12.5. The van der Waals surface area contributed by atoms with Crippen molar-refractivity contribution in [1.82, 2.24) is 9.97 Å². The number of aromatic nitrogens is 2. The van der Waals surface area contributed by atoms with Crippen LogP contribution in [0.2, 0.25) is 5.15 Å². The number of aryl methyl sites for hydroxylation is 1. The van der Waals surface area contributed by atoms with Gasteiger partial charge in [-0.25, -0.2) is 9.97 Å². The quantitative estimate of drug-likeness (QED) is 0.576. The van der Waals surface area contributed by atoms with Crippen LogP contribution in [0.3, 0.4) is 0 Å². The SMILES string of the molecule is CC(C)C(=O)N1CCCc2cc(-c3csc(NC(=O)c4cccnc4Cl)n3)ccc21. The lowest BCUT2D eigenvalue weighted by molar-refractivity contribution is -0.121. The molecule has 2 aromatic heterocycles. The van der Waals surface area contributed by atoms with Crippen LogP contribution in [-0.2, 0) is 11.2 Å². The number of nitrogens with one attached hydrogen (secondary N) is 1. The zero-order valence-electron chi connectivity index (χ0n) is 16.7. The van der Waals surface area contributed by atoms with Crippen molar-refractivity contribution in [1.29, 1.82) is 0 Å². The van der Waals surface area contributed by atoms with Gasteiger partial charge in [0.2, 0.25) is 5.91 Å². The predicted octanol–water partition coefficient (Wildman–Crippen LogP) is 5.05. The second-order valence-electron chi connectivity index (χ2n) is 7.43. The highest BCUT2D eigenvalue weighted by Crippen LogP contribution is 2.33. The van der Waals surface area contributed by atoms with Gasteiger partial charge in [0, 0.05) is 35.3 Å². The molecule has 8 heteroatoms. The van der Waals surface area contributed by atoms with Crippen molar-refractivity contribution >= 4 is 45.6 Å². The van der Waals surface area contributed by atoms with E-state index in [0.29, 0.717) is 10.7 Å². The van der Waals surface area contributed by atoms with Crippen LogP contribution >= 0.6 is 22.9 Å². The normalized spacial score (nSPS) is 13.3. The molecule has 4 rings (SSSR count). The van der Waals surface area contributed by atoms with Gasteiger partial charge < -0.3 is 4.90 Å². The molecule has 0 aliphatic carbocycles. The molecule has 154 valence electrons. The number of halogens is 1. The average molecular weight is 441 g/mol. The number of hydrogen-bond acceptors (Lipinski definition) is 5. The summed E-state index contributed by atoms with van der Waals surface area (Å²) < 4.78 is 0. The Morgan fingerprint density at radius 3 is 2.87 bits per heavy atom. The summed E-state index contributed by atoms with van der Waals surface area (Å²) in [5.41, 5.74) is 4.18. The van der Waals surface area contributed by atoms with Crippen LogP contribution in [0.1, 0.15) is 36.2 Å². The molecule has 0 radical (unpaired) electrons. The minimum absolute atomic E-state index is 0.0337. The third kappa shape index (κ3) is 4.08. The zero-order chi connectivity index (χ0) is 21.3. The minimum Gasteiger partial charge on any atom is -0.312 e. The van der Waals surface area contributed by atoms with Crippen LogP contribution in [-0.4, -0.2) is 28.3 Å². The second kappa shape index (κ2) is 8.53. The third-order valence-corrected chi connectivity index (χ3v) is 6.04. The number of anilines is 2. The van der Waals surface area contributed by atoms with Crippen molar-refractivity contribution < 1.29 is 9.59 Å². The highest BCUT2D eigenvalue weighted by Gasteiger charge is 2.24. The number of fused-ring (bicyclic) bond motifs is 1. The van der Waals surface area contributed by atoms with Gasteiger partial charge >= 0.3 is 0 Å².